The molecule has 0 saturated heterocycles. The minimum absolute atomic E-state index is 0.0501. The Labute approximate surface area is 322 Å². The van der Waals surface area contributed by atoms with Crippen molar-refractivity contribution in [3.8, 4) is 0 Å². The van der Waals surface area contributed by atoms with E-state index in [0.29, 0.717) is 31.2 Å². The first kappa shape index (κ1) is 44.3. The van der Waals surface area contributed by atoms with Crippen molar-refractivity contribution in [1.29, 1.82) is 0 Å². The number of carbonyl (C=O) groups is 2. The minimum Gasteiger partial charge on any atom is -0.466 e. The third-order valence-corrected chi connectivity index (χ3v) is 16.8. The molecule has 2 aromatic heterocycles. The maximum Gasteiger partial charge on any atom is 0.433 e. The van der Waals surface area contributed by atoms with Crippen LogP contribution in [0, 0.1) is 17.6 Å². The second kappa shape index (κ2) is 19.2. The summed E-state index contributed by atoms with van der Waals surface area (Å²) in [6.45, 7) is 14.8. The number of hydrogen-bond acceptors (Lipinski definition) is 7. The van der Waals surface area contributed by atoms with E-state index in [2.05, 4.69) is 24.7 Å². The third-order valence-electron chi connectivity index (χ3n) is 10.5. The molecule has 17 heteroatoms. The SMILES string of the molecule is CCOC(=O)C1CCC(n2ncc(C(=O)N(Cc3cc(F)cc(F)c3)CC(O[Si](CC)(CC)CC)c3ccn(COCC[Si](C)(C)C)n3)c2C(F)(F)F)CC1. The predicted molar refractivity (Wildman–Crippen MR) is 203 cm³/mol. The summed E-state index contributed by atoms with van der Waals surface area (Å²) < 4.78 is 94.3. The van der Waals surface area contributed by atoms with Gasteiger partial charge < -0.3 is 18.8 Å². The highest BCUT2D eigenvalue weighted by Crippen LogP contribution is 2.40. The molecule has 1 saturated carbocycles. The lowest BCUT2D eigenvalue weighted by molar-refractivity contribution is -0.151. The first-order valence-corrected chi connectivity index (χ1v) is 25.5. The highest BCUT2D eigenvalue weighted by atomic mass is 28.4. The van der Waals surface area contributed by atoms with Gasteiger partial charge in [-0.25, -0.2) is 13.5 Å². The molecule has 1 aliphatic rings. The van der Waals surface area contributed by atoms with Gasteiger partial charge in [0.1, 0.15) is 24.5 Å². The largest absolute Gasteiger partial charge is 0.466 e. The number of amides is 1. The van der Waals surface area contributed by atoms with Gasteiger partial charge in [0, 0.05) is 33.5 Å². The van der Waals surface area contributed by atoms with Crippen LogP contribution in [0.1, 0.15) is 92.8 Å². The van der Waals surface area contributed by atoms with Crippen molar-refractivity contribution in [2.24, 2.45) is 5.92 Å². The van der Waals surface area contributed by atoms with E-state index in [1.54, 1.807) is 23.9 Å². The number of esters is 1. The molecular weight excluding hydrogens is 758 g/mol. The van der Waals surface area contributed by atoms with Crippen molar-refractivity contribution in [3.05, 3.63) is 70.8 Å². The zero-order valence-electron chi connectivity index (χ0n) is 33.1. The number of carbonyl (C=O) groups excluding carboxylic acids is 2. The smallest absolute Gasteiger partial charge is 0.433 e. The topological polar surface area (TPSA) is 101 Å². The first-order chi connectivity index (χ1) is 25.9. The molecule has 1 unspecified atom stereocenters. The summed E-state index contributed by atoms with van der Waals surface area (Å²) in [6, 6.07) is 6.99. The van der Waals surface area contributed by atoms with Crippen molar-refractivity contribution in [3.63, 3.8) is 0 Å². The van der Waals surface area contributed by atoms with Crippen molar-refractivity contribution < 1.29 is 45.4 Å². The van der Waals surface area contributed by atoms with E-state index < -0.39 is 76.0 Å². The average molecular weight is 814 g/mol. The van der Waals surface area contributed by atoms with E-state index in [-0.39, 0.29) is 44.3 Å². The maximum absolute atomic E-state index is 15.0. The fourth-order valence-electron chi connectivity index (χ4n) is 7.06. The summed E-state index contributed by atoms with van der Waals surface area (Å²) in [5.41, 5.74) is -1.41. The molecular formula is C38H56F5N5O5Si2. The van der Waals surface area contributed by atoms with Crippen LogP contribution in [0.2, 0.25) is 43.8 Å². The highest BCUT2D eigenvalue weighted by Gasteiger charge is 2.44. The van der Waals surface area contributed by atoms with Gasteiger partial charge in [-0.3, -0.25) is 14.3 Å². The fourth-order valence-corrected chi connectivity index (χ4v) is 10.6. The molecule has 1 fully saturated rings. The quantitative estimate of drug-likeness (QED) is 0.0515. The van der Waals surface area contributed by atoms with Gasteiger partial charge in [0.15, 0.2) is 14.0 Å². The standard InChI is InChI=1S/C38H56F5N5O5Si2/c1-8-52-37(50)28-12-14-31(15-13-28)48-35(38(41,42)43)32(23-44-48)36(49)46(24-27-20-29(39)22-30(40)21-27)25-34(53-55(9-2,10-3)11-4)33-16-17-47(45-33)26-51-18-19-54(5,6)7/h16-17,20-23,28,31,34H,8-15,18-19,24-26H2,1-7H3. The Kier molecular flexibility index (Phi) is 15.4. The van der Waals surface area contributed by atoms with Crippen LogP contribution in [0.25, 0.3) is 0 Å². The molecule has 2 heterocycles. The van der Waals surface area contributed by atoms with Gasteiger partial charge in [0.2, 0.25) is 0 Å². The Morgan fingerprint density at radius 2 is 1.62 bits per heavy atom. The van der Waals surface area contributed by atoms with Crippen LogP contribution in [-0.2, 0) is 38.1 Å². The average Bonchev–Trinajstić information content (AvgIpc) is 3.79. The van der Waals surface area contributed by atoms with Gasteiger partial charge in [-0.05, 0) is 80.5 Å². The number of ether oxygens (including phenoxy) is 2. The van der Waals surface area contributed by atoms with Gasteiger partial charge in [-0.2, -0.15) is 23.4 Å². The fraction of sp³-hybridized carbons (Fsp3) is 0.632. The first-order valence-electron chi connectivity index (χ1n) is 19.3. The molecule has 10 nitrogen and oxygen atoms in total. The summed E-state index contributed by atoms with van der Waals surface area (Å²) >= 11 is 0. The summed E-state index contributed by atoms with van der Waals surface area (Å²) in [5.74, 6) is -3.61. The van der Waals surface area contributed by atoms with Crippen molar-refractivity contribution in [2.45, 2.75) is 129 Å². The predicted octanol–water partition coefficient (Wildman–Crippen LogP) is 9.39. The molecule has 1 aromatic carbocycles. The van der Waals surface area contributed by atoms with Crippen molar-refractivity contribution in [2.75, 3.05) is 19.8 Å². The Morgan fingerprint density at radius 3 is 2.18 bits per heavy atom. The number of benzene rings is 1. The zero-order valence-corrected chi connectivity index (χ0v) is 35.1. The summed E-state index contributed by atoms with van der Waals surface area (Å²) in [5, 5.41) is 8.82. The lowest BCUT2D eigenvalue weighted by atomic mass is 9.86. The Bertz CT molecular complexity index is 1690. The van der Waals surface area contributed by atoms with Gasteiger partial charge in [0.25, 0.3) is 5.91 Å². The van der Waals surface area contributed by atoms with Gasteiger partial charge in [-0.15, -0.1) is 0 Å². The Balaban J connectivity index is 1.73. The Morgan fingerprint density at radius 1 is 0.982 bits per heavy atom. The van der Waals surface area contributed by atoms with Crippen molar-refractivity contribution in [1.82, 2.24) is 24.5 Å². The molecule has 0 spiro atoms. The van der Waals surface area contributed by atoms with E-state index in [1.165, 1.54) is 0 Å². The van der Waals surface area contributed by atoms with Crippen LogP contribution in [0.15, 0.2) is 36.7 Å². The van der Waals surface area contributed by atoms with Crippen LogP contribution in [0.4, 0.5) is 22.0 Å². The monoisotopic (exact) mass is 813 g/mol. The van der Waals surface area contributed by atoms with E-state index in [4.69, 9.17) is 19.0 Å². The summed E-state index contributed by atoms with van der Waals surface area (Å²) in [4.78, 5) is 28.0. The second-order valence-electron chi connectivity index (χ2n) is 15.5. The number of alkyl halides is 3. The van der Waals surface area contributed by atoms with Crippen LogP contribution in [0.5, 0.6) is 0 Å². The molecule has 306 valence electrons. The summed E-state index contributed by atoms with van der Waals surface area (Å²) in [6.07, 6.45) is -2.13. The van der Waals surface area contributed by atoms with E-state index in [1.807, 2.05) is 20.8 Å². The lowest BCUT2D eigenvalue weighted by Gasteiger charge is -2.35. The number of hydrogen-bond donors (Lipinski definition) is 0. The maximum atomic E-state index is 15.0. The van der Waals surface area contributed by atoms with Crippen LogP contribution >= 0.6 is 0 Å². The highest BCUT2D eigenvalue weighted by molar-refractivity contribution is 6.76. The molecule has 0 N–H and O–H groups in total. The second-order valence-corrected chi connectivity index (χ2v) is 25.9. The molecule has 1 atom stereocenters. The number of halogens is 5. The van der Waals surface area contributed by atoms with E-state index in [0.717, 1.165) is 52.1 Å². The Hall–Kier alpha value is -3.42. The van der Waals surface area contributed by atoms with Crippen LogP contribution in [-0.4, -0.2) is 72.5 Å². The van der Waals surface area contributed by atoms with Gasteiger partial charge in [-0.1, -0.05) is 40.4 Å². The minimum atomic E-state index is -4.98. The molecule has 55 heavy (non-hydrogen) atoms. The van der Waals surface area contributed by atoms with Crippen molar-refractivity contribution >= 4 is 28.3 Å². The molecule has 0 bridgehead atoms. The molecule has 1 amide bonds. The number of rotatable bonds is 19. The molecule has 0 aliphatic heterocycles. The summed E-state index contributed by atoms with van der Waals surface area (Å²) in [7, 11) is -3.77. The van der Waals surface area contributed by atoms with Crippen LogP contribution < -0.4 is 0 Å². The van der Waals surface area contributed by atoms with E-state index in [9.17, 15) is 31.5 Å². The number of nitrogens with zero attached hydrogens (tertiary/aromatic N) is 5. The molecule has 0 radical (unpaired) electrons. The van der Waals surface area contributed by atoms with Gasteiger partial charge in [0.05, 0.1) is 42.6 Å². The number of aromatic nitrogens is 4. The third kappa shape index (κ3) is 12.0. The molecule has 3 aromatic rings. The van der Waals surface area contributed by atoms with Crippen LogP contribution in [0.3, 0.4) is 0 Å². The van der Waals surface area contributed by atoms with E-state index >= 15 is 0 Å². The van der Waals surface area contributed by atoms with Gasteiger partial charge >= 0.3 is 12.1 Å². The normalized spacial score (nSPS) is 17.3. The molecule has 1 aliphatic carbocycles. The molecule has 4 rings (SSSR count). The zero-order chi connectivity index (χ0) is 40.6. The lowest BCUT2D eigenvalue weighted by Crippen LogP contribution is -2.42.